The van der Waals surface area contributed by atoms with Gasteiger partial charge in [-0.3, -0.25) is 4.79 Å². The van der Waals surface area contributed by atoms with Crippen molar-refractivity contribution in [1.29, 1.82) is 0 Å². The number of methoxy groups -OCH3 is 1. The summed E-state index contributed by atoms with van der Waals surface area (Å²) in [6.07, 6.45) is -2.63. The Kier molecular flexibility index (Phi) is 8.21. The number of nitrogens with one attached hydrogen (secondary N) is 1. The molecule has 1 unspecified atom stereocenters. The van der Waals surface area contributed by atoms with Gasteiger partial charge in [-0.15, -0.1) is 0 Å². The number of benzene rings is 1. The number of halogens is 6. The number of pyridine rings is 2. The first kappa shape index (κ1) is 26.7. The molecule has 0 spiro atoms. The third-order valence-corrected chi connectivity index (χ3v) is 6.90. The van der Waals surface area contributed by atoms with Gasteiger partial charge < -0.3 is 10.1 Å². The van der Waals surface area contributed by atoms with E-state index < -0.39 is 34.4 Å². The zero-order valence-electron chi connectivity index (χ0n) is 18.5. The molecule has 186 valence electrons. The molecule has 3 rings (SSSR count). The van der Waals surface area contributed by atoms with Gasteiger partial charge in [-0.2, -0.15) is 17.5 Å². The maximum absolute atomic E-state index is 14.5. The third-order valence-electron chi connectivity index (χ3n) is 4.61. The second-order valence-corrected chi connectivity index (χ2v) is 9.69. The van der Waals surface area contributed by atoms with E-state index >= 15 is 0 Å². The molecule has 1 atom stereocenters. The Labute approximate surface area is 208 Å². The largest absolute Gasteiger partial charge is 0.496 e. The van der Waals surface area contributed by atoms with Crippen molar-refractivity contribution in [3.05, 3.63) is 63.9 Å². The van der Waals surface area contributed by atoms with Crippen LogP contribution in [0.2, 0.25) is 0 Å². The Morgan fingerprint density at radius 2 is 1.89 bits per heavy atom. The van der Waals surface area contributed by atoms with Crippen LogP contribution in [0.4, 0.5) is 33.6 Å². The van der Waals surface area contributed by atoms with Gasteiger partial charge in [-0.05, 0) is 58.9 Å². The standard InChI is InChI=1S/C22H18BrF5N4O2S/c1-11-20(23)12(10-35(3)32-21(33)22(26,27)28)6-19(30-11)31-18-8-15(16(25)9-29-18)14-5-4-13(24)7-17(14)34-2/h4-9H,10H2,1-3H3,(H,29,30,31). The van der Waals surface area contributed by atoms with Crippen molar-refractivity contribution < 1.29 is 31.5 Å². The van der Waals surface area contributed by atoms with E-state index in [1.165, 1.54) is 31.6 Å². The molecule has 0 saturated carbocycles. The number of nitrogens with zero attached hydrogens (tertiary/aromatic N) is 3. The van der Waals surface area contributed by atoms with Crippen LogP contribution >= 0.6 is 15.9 Å². The summed E-state index contributed by atoms with van der Waals surface area (Å²) in [5.74, 6) is -2.66. The van der Waals surface area contributed by atoms with Crippen molar-refractivity contribution in [1.82, 2.24) is 9.97 Å². The molecule has 0 aliphatic heterocycles. The van der Waals surface area contributed by atoms with Crippen LogP contribution < -0.4 is 10.1 Å². The molecule has 1 aromatic carbocycles. The fraction of sp³-hybridized carbons (Fsp3) is 0.227. The summed E-state index contributed by atoms with van der Waals surface area (Å²) < 4.78 is 74.6. The Bertz CT molecular complexity index is 1320. The van der Waals surface area contributed by atoms with Crippen LogP contribution in [0.5, 0.6) is 5.75 Å². The molecular formula is C22H18BrF5N4O2S. The molecule has 3 aromatic rings. The number of carbonyl (C=O) groups is 1. The zero-order chi connectivity index (χ0) is 25.9. The Morgan fingerprint density at radius 1 is 1.17 bits per heavy atom. The highest BCUT2D eigenvalue weighted by atomic mass is 79.9. The first-order valence-electron chi connectivity index (χ1n) is 9.77. The van der Waals surface area contributed by atoms with Crippen LogP contribution in [0, 0.1) is 18.6 Å². The molecule has 1 N–H and O–H groups in total. The minimum Gasteiger partial charge on any atom is -0.496 e. The molecule has 2 aromatic heterocycles. The Morgan fingerprint density at radius 3 is 2.54 bits per heavy atom. The van der Waals surface area contributed by atoms with E-state index in [0.717, 1.165) is 12.3 Å². The monoisotopic (exact) mass is 576 g/mol. The van der Waals surface area contributed by atoms with Gasteiger partial charge in [-0.25, -0.2) is 18.7 Å². The van der Waals surface area contributed by atoms with E-state index in [2.05, 4.69) is 35.6 Å². The van der Waals surface area contributed by atoms with Crippen molar-refractivity contribution in [2.24, 2.45) is 4.36 Å². The lowest BCUT2D eigenvalue weighted by Crippen LogP contribution is -2.21. The van der Waals surface area contributed by atoms with Gasteiger partial charge in [0.25, 0.3) is 0 Å². The van der Waals surface area contributed by atoms with E-state index in [9.17, 15) is 26.7 Å². The first-order valence-corrected chi connectivity index (χ1v) is 12.3. The average molecular weight is 577 g/mol. The maximum Gasteiger partial charge on any atom is 0.474 e. The molecule has 0 fully saturated rings. The Hall–Kier alpha value is -2.93. The SMILES string of the molecule is COc1cc(F)ccc1-c1cc(Nc2cc(C/S(C)=N\C(=O)C(F)(F)F)c(Br)c(C)n2)ncc1F. The van der Waals surface area contributed by atoms with E-state index in [1.807, 2.05) is 0 Å². The second kappa shape index (κ2) is 10.8. The summed E-state index contributed by atoms with van der Waals surface area (Å²) >= 11 is 3.36. The van der Waals surface area contributed by atoms with Gasteiger partial charge in [-0.1, -0.05) is 10.7 Å². The number of aryl methyl sites for hydroxylation is 1. The summed E-state index contributed by atoms with van der Waals surface area (Å²) in [7, 11) is 0.0880. The molecule has 0 saturated heterocycles. The molecule has 6 nitrogen and oxygen atoms in total. The fourth-order valence-electron chi connectivity index (χ4n) is 3.07. The predicted octanol–water partition coefficient (Wildman–Crippen LogP) is 6.27. The topological polar surface area (TPSA) is 76.5 Å². The molecule has 13 heteroatoms. The van der Waals surface area contributed by atoms with Crippen molar-refractivity contribution in [2.45, 2.75) is 18.9 Å². The quantitative estimate of drug-likeness (QED) is 0.350. The lowest BCUT2D eigenvalue weighted by atomic mass is 10.0. The highest BCUT2D eigenvalue weighted by molar-refractivity contribution is 9.10. The van der Waals surface area contributed by atoms with E-state index in [4.69, 9.17) is 4.74 Å². The summed E-state index contributed by atoms with van der Waals surface area (Å²) in [6, 6.07) is 6.64. The van der Waals surface area contributed by atoms with Gasteiger partial charge in [0.2, 0.25) is 0 Å². The lowest BCUT2D eigenvalue weighted by molar-refractivity contribution is -0.169. The summed E-state index contributed by atoms with van der Waals surface area (Å²) in [5.41, 5.74) is 1.50. The highest BCUT2D eigenvalue weighted by Gasteiger charge is 2.38. The normalized spacial score (nSPS) is 12.5. The van der Waals surface area contributed by atoms with E-state index in [-0.39, 0.29) is 28.7 Å². The van der Waals surface area contributed by atoms with Crippen LogP contribution in [0.1, 0.15) is 11.3 Å². The van der Waals surface area contributed by atoms with Crippen molar-refractivity contribution in [2.75, 3.05) is 18.7 Å². The second-order valence-electron chi connectivity index (χ2n) is 7.22. The number of hydrogen-bond acceptors (Lipinski definition) is 5. The number of ether oxygens (including phenoxy) is 1. The number of aromatic nitrogens is 2. The minimum atomic E-state index is -5.03. The molecule has 1 amide bonds. The van der Waals surface area contributed by atoms with Gasteiger partial charge in [0.15, 0.2) is 0 Å². The fourth-order valence-corrected chi connectivity index (χ4v) is 4.73. The van der Waals surface area contributed by atoms with Gasteiger partial charge >= 0.3 is 12.1 Å². The molecule has 2 heterocycles. The lowest BCUT2D eigenvalue weighted by Gasteiger charge is -2.14. The van der Waals surface area contributed by atoms with Crippen LogP contribution in [-0.4, -0.2) is 35.4 Å². The number of hydrogen-bond donors (Lipinski definition) is 1. The van der Waals surface area contributed by atoms with Crippen LogP contribution in [0.15, 0.2) is 45.4 Å². The number of carbonyl (C=O) groups excluding carboxylic acids is 1. The van der Waals surface area contributed by atoms with Crippen LogP contribution in [-0.2, 0) is 21.2 Å². The first-order chi connectivity index (χ1) is 16.4. The molecule has 0 bridgehead atoms. The van der Waals surface area contributed by atoms with Crippen molar-refractivity contribution >= 4 is 44.2 Å². The number of rotatable bonds is 6. The number of alkyl halides is 3. The van der Waals surface area contributed by atoms with Crippen molar-refractivity contribution in [3.8, 4) is 16.9 Å². The molecule has 0 radical (unpaired) electrons. The molecule has 0 aliphatic carbocycles. The van der Waals surface area contributed by atoms with Crippen molar-refractivity contribution in [3.63, 3.8) is 0 Å². The van der Waals surface area contributed by atoms with Gasteiger partial charge in [0.05, 0.1) is 19.0 Å². The minimum absolute atomic E-state index is 0.0509. The smallest absolute Gasteiger partial charge is 0.474 e. The summed E-state index contributed by atoms with van der Waals surface area (Å²) in [5, 5.41) is 2.94. The molecule has 35 heavy (non-hydrogen) atoms. The zero-order valence-corrected chi connectivity index (χ0v) is 20.9. The predicted molar refractivity (Wildman–Crippen MR) is 127 cm³/mol. The van der Waals surface area contributed by atoms with E-state index in [1.54, 1.807) is 13.0 Å². The summed E-state index contributed by atoms with van der Waals surface area (Å²) in [4.78, 5) is 19.5. The Balaban J connectivity index is 1.93. The maximum atomic E-state index is 14.5. The summed E-state index contributed by atoms with van der Waals surface area (Å²) in [6.45, 7) is 1.68. The van der Waals surface area contributed by atoms with Crippen LogP contribution in [0.3, 0.4) is 0 Å². The number of amides is 1. The highest BCUT2D eigenvalue weighted by Crippen LogP contribution is 2.34. The third kappa shape index (κ3) is 6.60. The van der Waals surface area contributed by atoms with E-state index in [0.29, 0.717) is 21.3 Å². The van der Waals surface area contributed by atoms with Crippen LogP contribution in [0.25, 0.3) is 11.1 Å². The average Bonchev–Trinajstić information content (AvgIpc) is 2.77. The molecule has 0 aliphatic rings. The molecular weight excluding hydrogens is 559 g/mol. The van der Waals surface area contributed by atoms with Gasteiger partial charge in [0.1, 0.15) is 29.0 Å². The number of anilines is 2. The van der Waals surface area contributed by atoms with Gasteiger partial charge in [0, 0.05) is 27.4 Å².